The summed E-state index contributed by atoms with van der Waals surface area (Å²) in [6, 6.07) is 80.7. The van der Waals surface area contributed by atoms with Crippen molar-refractivity contribution in [3.8, 4) is 67.5 Å². The summed E-state index contributed by atoms with van der Waals surface area (Å²) in [6.45, 7) is 0. The first-order chi connectivity index (χ1) is 30.7. The van der Waals surface area contributed by atoms with Crippen LogP contribution in [-0.2, 0) is 5.41 Å². The maximum absolute atomic E-state index is 4.97. The van der Waals surface area contributed by atoms with Gasteiger partial charge in [0.15, 0.2) is 17.5 Å². The van der Waals surface area contributed by atoms with Crippen LogP contribution >= 0.6 is 11.3 Å². The lowest BCUT2D eigenvalue weighted by Crippen LogP contribution is -2.28. The van der Waals surface area contributed by atoms with Crippen molar-refractivity contribution < 1.29 is 0 Å². The molecule has 1 aliphatic rings. The van der Waals surface area contributed by atoms with Crippen LogP contribution in [0.5, 0.6) is 0 Å². The maximum atomic E-state index is 4.97. The van der Waals surface area contributed by atoms with Gasteiger partial charge >= 0.3 is 0 Å². The number of hydrogen-bond acceptors (Lipinski definition) is 4. The van der Waals surface area contributed by atoms with Crippen LogP contribution in [0.3, 0.4) is 0 Å². The van der Waals surface area contributed by atoms with Gasteiger partial charge in [0, 0.05) is 36.9 Å². The highest BCUT2D eigenvalue weighted by Crippen LogP contribution is 2.56. The first-order valence-corrected chi connectivity index (χ1v) is 21.8. The Kier molecular flexibility index (Phi) is 8.58. The van der Waals surface area contributed by atoms with E-state index in [-0.39, 0.29) is 0 Å². The van der Waals surface area contributed by atoms with E-state index in [4.69, 9.17) is 15.0 Å². The Labute approximate surface area is 364 Å². The molecule has 0 radical (unpaired) electrons. The number of nitrogens with zero attached hydrogens (tertiary/aromatic N) is 3. The monoisotopic (exact) mass is 807 g/mol. The fourth-order valence-electron chi connectivity index (χ4n) is 9.53. The average Bonchev–Trinajstić information content (AvgIpc) is 3.88. The van der Waals surface area contributed by atoms with Crippen molar-refractivity contribution >= 4 is 31.5 Å². The van der Waals surface area contributed by atoms with E-state index in [0.717, 1.165) is 27.8 Å². The maximum Gasteiger partial charge on any atom is 0.164 e. The molecule has 62 heavy (non-hydrogen) atoms. The largest absolute Gasteiger partial charge is 0.208 e. The third kappa shape index (κ3) is 5.91. The Bertz CT molecular complexity index is 3340. The van der Waals surface area contributed by atoms with Gasteiger partial charge in [-0.1, -0.05) is 206 Å². The molecular weight excluding hydrogens is 771 g/mol. The van der Waals surface area contributed by atoms with E-state index >= 15 is 0 Å². The molecule has 0 amide bonds. The van der Waals surface area contributed by atoms with Crippen LogP contribution in [0.15, 0.2) is 224 Å². The average molecular weight is 808 g/mol. The molecule has 2 aromatic heterocycles. The summed E-state index contributed by atoms with van der Waals surface area (Å²) in [5.74, 6) is 1.95. The third-order valence-electron chi connectivity index (χ3n) is 12.5. The molecule has 0 spiro atoms. The quantitative estimate of drug-likeness (QED) is 0.161. The molecule has 11 aromatic rings. The van der Waals surface area contributed by atoms with Crippen molar-refractivity contribution in [2.45, 2.75) is 5.41 Å². The predicted molar refractivity (Wildman–Crippen MR) is 257 cm³/mol. The predicted octanol–water partition coefficient (Wildman–Crippen LogP) is 14.9. The Morgan fingerprint density at radius 2 is 0.742 bits per heavy atom. The van der Waals surface area contributed by atoms with E-state index in [1.807, 2.05) is 72.0 Å². The summed E-state index contributed by atoms with van der Waals surface area (Å²) in [5, 5.41) is 2.63. The number of hydrogen-bond donors (Lipinski definition) is 0. The van der Waals surface area contributed by atoms with Crippen molar-refractivity contribution in [2.24, 2.45) is 0 Å². The van der Waals surface area contributed by atoms with Crippen molar-refractivity contribution in [3.05, 3.63) is 247 Å². The molecule has 0 saturated carbocycles. The zero-order chi connectivity index (χ0) is 41.0. The Morgan fingerprint density at radius 1 is 0.290 bits per heavy atom. The van der Waals surface area contributed by atoms with Gasteiger partial charge in [-0.05, 0) is 73.8 Å². The first kappa shape index (κ1) is 36.1. The van der Waals surface area contributed by atoms with E-state index in [2.05, 4.69) is 164 Å². The van der Waals surface area contributed by atoms with Gasteiger partial charge in [-0.25, -0.2) is 15.0 Å². The summed E-state index contributed by atoms with van der Waals surface area (Å²) in [5.41, 5.74) is 14.8. The number of benzene rings is 9. The lowest BCUT2D eigenvalue weighted by Gasteiger charge is -2.34. The van der Waals surface area contributed by atoms with Gasteiger partial charge in [0.1, 0.15) is 0 Å². The van der Waals surface area contributed by atoms with Crippen molar-refractivity contribution in [3.63, 3.8) is 0 Å². The highest BCUT2D eigenvalue weighted by Gasteiger charge is 2.46. The van der Waals surface area contributed by atoms with Gasteiger partial charge in [-0.3, -0.25) is 0 Å². The standard InChI is InChI=1S/C58H37N3S/c1-3-14-41(15-4-1)55-59-56(42-16-5-2-6-17-42)61-57(60-55)44-19-13-18-43(36-44)40-28-26-38(27-29-40)39-30-32-45(33-31-39)58(51-23-10-7-20-47(51)48-21-8-11-24-52(48)58)46-34-35-50-49-22-9-12-25-53(49)62-54(50)37-46/h1-37H. The van der Waals surface area contributed by atoms with Gasteiger partial charge in [0.05, 0.1) is 5.41 Å². The molecule has 0 fully saturated rings. The zero-order valence-corrected chi connectivity index (χ0v) is 34.4. The number of fused-ring (bicyclic) bond motifs is 6. The van der Waals surface area contributed by atoms with Gasteiger partial charge in [-0.15, -0.1) is 11.3 Å². The number of aromatic nitrogens is 3. The molecule has 3 nitrogen and oxygen atoms in total. The van der Waals surface area contributed by atoms with E-state index in [1.54, 1.807) is 0 Å². The van der Waals surface area contributed by atoms with Crippen LogP contribution in [-0.4, -0.2) is 15.0 Å². The minimum Gasteiger partial charge on any atom is -0.208 e. The summed E-state index contributed by atoms with van der Waals surface area (Å²) in [7, 11) is 0. The Balaban J connectivity index is 0.906. The molecule has 12 rings (SSSR count). The molecule has 0 aliphatic heterocycles. The number of rotatable bonds is 7. The van der Waals surface area contributed by atoms with E-state index in [0.29, 0.717) is 17.5 Å². The molecule has 1 aliphatic carbocycles. The SMILES string of the molecule is c1ccc(-c2nc(-c3ccccc3)nc(-c3cccc(-c4ccc(-c5ccc(C6(c7ccc8c(c7)sc7ccccc78)c7ccccc7-c7ccccc76)cc5)cc4)c3)n2)cc1. The van der Waals surface area contributed by atoms with E-state index < -0.39 is 5.41 Å². The minimum absolute atomic E-state index is 0.465. The topological polar surface area (TPSA) is 38.7 Å². The second-order valence-electron chi connectivity index (χ2n) is 15.9. The fraction of sp³-hybridized carbons (Fsp3) is 0.0172. The number of thiophene rings is 1. The fourth-order valence-corrected chi connectivity index (χ4v) is 10.7. The lowest BCUT2D eigenvalue weighted by molar-refractivity contribution is 0.770. The molecule has 9 aromatic carbocycles. The zero-order valence-electron chi connectivity index (χ0n) is 33.6. The lowest BCUT2D eigenvalue weighted by atomic mass is 9.67. The molecule has 0 unspecified atom stereocenters. The second kappa shape index (κ2) is 14.7. The second-order valence-corrected chi connectivity index (χ2v) is 17.0. The summed E-state index contributed by atoms with van der Waals surface area (Å²) >= 11 is 1.88. The molecule has 0 atom stereocenters. The first-order valence-electron chi connectivity index (χ1n) is 21.0. The van der Waals surface area contributed by atoms with Crippen LogP contribution in [0.4, 0.5) is 0 Å². The molecule has 0 bridgehead atoms. The van der Waals surface area contributed by atoms with Crippen molar-refractivity contribution in [2.75, 3.05) is 0 Å². The Morgan fingerprint density at radius 3 is 1.37 bits per heavy atom. The normalized spacial score (nSPS) is 12.6. The van der Waals surface area contributed by atoms with Crippen LogP contribution in [0.1, 0.15) is 22.3 Å². The molecule has 0 N–H and O–H groups in total. The van der Waals surface area contributed by atoms with Gasteiger partial charge in [0.2, 0.25) is 0 Å². The van der Waals surface area contributed by atoms with Gasteiger partial charge < -0.3 is 0 Å². The van der Waals surface area contributed by atoms with E-state index in [9.17, 15) is 0 Å². The minimum atomic E-state index is -0.465. The Hall–Kier alpha value is -7.79. The highest BCUT2D eigenvalue weighted by molar-refractivity contribution is 7.25. The van der Waals surface area contributed by atoms with Crippen LogP contribution < -0.4 is 0 Å². The van der Waals surface area contributed by atoms with Crippen LogP contribution in [0.2, 0.25) is 0 Å². The molecule has 0 saturated heterocycles. The third-order valence-corrected chi connectivity index (χ3v) is 13.6. The smallest absolute Gasteiger partial charge is 0.164 e. The van der Waals surface area contributed by atoms with E-state index in [1.165, 1.54) is 64.7 Å². The molecule has 290 valence electrons. The van der Waals surface area contributed by atoms with Crippen molar-refractivity contribution in [1.82, 2.24) is 15.0 Å². The highest BCUT2D eigenvalue weighted by atomic mass is 32.1. The van der Waals surface area contributed by atoms with Crippen LogP contribution in [0.25, 0.3) is 87.7 Å². The van der Waals surface area contributed by atoms with Gasteiger partial charge in [-0.2, -0.15) is 0 Å². The van der Waals surface area contributed by atoms with Gasteiger partial charge in [0.25, 0.3) is 0 Å². The summed E-state index contributed by atoms with van der Waals surface area (Å²) in [6.07, 6.45) is 0. The van der Waals surface area contributed by atoms with Crippen molar-refractivity contribution in [1.29, 1.82) is 0 Å². The summed E-state index contributed by atoms with van der Waals surface area (Å²) in [4.78, 5) is 14.8. The summed E-state index contributed by atoms with van der Waals surface area (Å²) < 4.78 is 2.64. The van der Waals surface area contributed by atoms with Crippen LogP contribution in [0, 0.1) is 0 Å². The molecule has 4 heteroatoms. The molecule has 2 heterocycles. The molecular formula is C58H37N3S.